The van der Waals surface area contributed by atoms with E-state index in [9.17, 15) is 9.18 Å². The minimum absolute atomic E-state index is 0.102. The SMILES string of the molecule is COc1cccc(C(CC(=O)N2CCN(c3ccccc3F)CC2)n2cccc2)c1. The molecule has 0 bridgehead atoms. The van der Waals surface area contributed by atoms with Crippen molar-refractivity contribution in [3.63, 3.8) is 0 Å². The van der Waals surface area contributed by atoms with Crippen molar-refractivity contribution >= 4 is 11.6 Å². The van der Waals surface area contributed by atoms with E-state index in [1.807, 2.05) is 64.7 Å². The molecule has 1 amide bonds. The third-order valence-corrected chi connectivity index (χ3v) is 5.66. The zero-order valence-electron chi connectivity index (χ0n) is 17.1. The van der Waals surface area contributed by atoms with Gasteiger partial charge in [0.2, 0.25) is 5.91 Å². The van der Waals surface area contributed by atoms with E-state index in [-0.39, 0.29) is 17.8 Å². The first-order valence-corrected chi connectivity index (χ1v) is 10.2. The van der Waals surface area contributed by atoms with Gasteiger partial charge in [0.15, 0.2) is 0 Å². The smallest absolute Gasteiger partial charge is 0.225 e. The van der Waals surface area contributed by atoms with Gasteiger partial charge in [0.1, 0.15) is 11.6 Å². The Morgan fingerprint density at radius 3 is 2.43 bits per heavy atom. The first-order chi connectivity index (χ1) is 14.7. The average molecular weight is 407 g/mol. The fraction of sp³-hybridized carbons (Fsp3) is 0.292. The second-order valence-electron chi connectivity index (χ2n) is 7.45. The van der Waals surface area contributed by atoms with Gasteiger partial charge in [-0.25, -0.2) is 4.39 Å². The van der Waals surface area contributed by atoms with Gasteiger partial charge in [-0.15, -0.1) is 0 Å². The minimum atomic E-state index is -0.219. The zero-order chi connectivity index (χ0) is 20.9. The van der Waals surface area contributed by atoms with Gasteiger partial charge in [0.05, 0.1) is 25.3 Å². The van der Waals surface area contributed by atoms with Gasteiger partial charge < -0.3 is 19.1 Å². The van der Waals surface area contributed by atoms with Crippen molar-refractivity contribution < 1.29 is 13.9 Å². The Morgan fingerprint density at radius 2 is 1.73 bits per heavy atom. The molecule has 1 saturated heterocycles. The lowest BCUT2D eigenvalue weighted by Crippen LogP contribution is -2.49. The number of carbonyl (C=O) groups excluding carboxylic acids is 1. The summed E-state index contributed by atoms with van der Waals surface area (Å²) in [5, 5.41) is 0. The van der Waals surface area contributed by atoms with Crippen LogP contribution in [-0.2, 0) is 4.79 Å². The number of methoxy groups -OCH3 is 1. The first kappa shape index (κ1) is 20.0. The summed E-state index contributed by atoms with van der Waals surface area (Å²) < 4.78 is 21.5. The summed E-state index contributed by atoms with van der Waals surface area (Å²) in [5.41, 5.74) is 1.63. The summed E-state index contributed by atoms with van der Waals surface area (Å²) >= 11 is 0. The minimum Gasteiger partial charge on any atom is -0.497 e. The Labute approximate surface area is 176 Å². The van der Waals surface area contributed by atoms with E-state index in [4.69, 9.17) is 4.74 Å². The molecule has 156 valence electrons. The molecule has 1 fully saturated rings. The van der Waals surface area contributed by atoms with Crippen molar-refractivity contribution in [3.8, 4) is 5.75 Å². The van der Waals surface area contributed by atoms with E-state index >= 15 is 0 Å². The number of amides is 1. The predicted molar refractivity (Wildman–Crippen MR) is 115 cm³/mol. The van der Waals surface area contributed by atoms with Crippen LogP contribution < -0.4 is 9.64 Å². The number of halogens is 1. The van der Waals surface area contributed by atoms with Crippen molar-refractivity contribution in [2.24, 2.45) is 0 Å². The highest BCUT2D eigenvalue weighted by molar-refractivity contribution is 5.77. The standard InChI is InChI=1S/C24H26FN3O2/c1-30-20-8-6-7-19(17-20)23(26-11-4-5-12-26)18-24(29)28-15-13-27(14-16-28)22-10-3-2-9-21(22)25/h2-12,17,23H,13-16,18H2,1H3. The van der Waals surface area contributed by atoms with Gasteiger partial charge in [0.25, 0.3) is 0 Å². The van der Waals surface area contributed by atoms with E-state index in [1.54, 1.807) is 19.2 Å². The van der Waals surface area contributed by atoms with E-state index in [2.05, 4.69) is 4.57 Å². The van der Waals surface area contributed by atoms with E-state index in [1.165, 1.54) is 6.07 Å². The van der Waals surface area contributed by atoms with Crippen LogP contribution in [0.25, 0.3) is 0 Å². The molecule has 6 heteroatoms. The summed E-state index contributed by atoms with van der Waals surface area (Å²) in [6, 6.07) is 18.5. The molecule has 4 rings (SSSR count). The van der Waals surface area contributed by atoms with Gasteiger partial charge in [-0.05, 0) is 42.0 Å². The van der Waals surface area contributed by atoms with Crippen LogP contribution in [-0.4, -0.2) is 48.7 Å². The molecule has 0 radical (unpaired) electrons. The molecule has 1 aliphatic heterocycles. The van der Waals surface area contributed by atoms with Crippen molar-refractivity contribution in [1.82, 2.24) is 9.47 Å². The second-order valence-corrected chi connectivity index (χ2v) is 7.45. The molecule has 1 atom stereocenters. The molecule has 1 unspecified atom stereocenters. The Balaban J connectivity index is 1.45. The van der Waals surface area contributed by atoms with Crippen LogP contribution in [0.15, 0.2) is 73.1 Å². The summed E-state index contributed by atoms with van der Waals surface area (Å²) in [6.45, 7) is 2.42. The van der Waals surface area contributed by atoms with Crippen LogP contribution >= 0.6 is 0 Å². The van der Waals surface area contributed by atoms with Crippen LogP contribution in [0.2, 0.25) is 0 Å². The monoisotopic (exact) mass is 407 g/mol. The van der Waals surface area contributed by atoms with Crippen molar-refractivity contribution in [1.29, 1.82) is 0 Å². The highest BCUT2D eigenvalue weighted by Gasteiger charge is 2.26. The number of nitrogens with zero attached hydrogens (tertiary/aromatic N) is 3. The third-order valence-electron chi connectivity index (χ3n) is 5.66. The highest BCUT2D eigenvalue weighted by Crippen LogP contribution is 2.27. The van der Waals surface area contributed by atoms with Gasteiger partial charge in [-0.3, -0.25) is 4.79 Å². The van der Waals surface area contributed by atoms with Crippen LogP contribution in [0.4, 0.5) is 10.1 Å². The molecule has 2 heterocycles. The van der Waals surface area contributed by atoms with Crippen molar-refractivity contribution in [3.05, 3.63) is 84.4 Å². The van der Waals surface area contributed by atoms with Crippen LogP contribution in [0, 0.1) is 5.82 Å². The maximum atomic E-state index is 14.1. The molecule has 1 aromatic heterocycles. The molecule has 0 spiro atoms. The first-order valence-electron chi connectivity index (χ1n) is 10.2. The van der Waals surface area contributed by atoms with Gasteiger partial charge in [0, 0.05) is 38.6 Å². The number of aromatic nitrogens is 1. The summed E-state index contributed by atoms with van der Waals surface area (Å²) in [4.78, 5) is 17.0. The number of rotatable bonds is 6. The number of benzene rings is 2. The largest absolute Gasteiger partial charge is 0.497 e. The normalized spacial score (nSPS) is 15.1. The molecule has 30 heavy (non-hydrogen) atoms. The Hall–Kier alpha value is -3.28. The average Bonchev–Trinajstić information content (AvgIpc) is 3.32. The maximum Gasteiger partial charge on any atom is 0.225 e. The number of carbonyl (C=O) groups is 1. The van der Waals surface area contributed by atoms with Crippen LogP contribution in [0.5, 0.6) is 5.75 Å². The summed E-state index contributed by atoms with van der Waals surface area (Å²) in [7, 11) is 1.64. The maximum absolute atomic E-state index is 14.1. The highest BCUT2D eigenvalue weighted by atomic mass is 19.1. The number of para-hydroxylation sites is 1. The summed E-state index contributed by atoms with van der Waals surface area (Å²) in [5.74, 6) is 0.656. The molecule has 2 aromatic carbocycles. The zero-order valence-corrected chi connectivity index (χ0v) is 17.1. The van der Waals surface area contributed by atoms with Crippen LogP contribution in [0.3, 0.4) is 0 Å². The quantitative estimate of drug-likeness (QED) is 0.621. The molecule has 0 aliphatic carbocycles. The molecule has 5 nitrogen and oxygen atoms in total. The Morgan fingerprint density at radius 1 is 1.00 bits per heavy atom. The molecule has 0 saturated carbocycles. The Bertz CT molecular complexity index is 982. The van der Waals surface area contributed by atoms with E-state index in [0.717, 1.165) is 11.3 Å². The number of ether oxygens (including phenoxy) is 1. The molecule has 3 aromatic rings. The van der Waals surface area contributed by atoms with Crippen molar-refractivity contribution in [2.45, 2.75) is 12.5 Å². The number of anilines is 1. The number of hydrogen-bond acceptors (Lipinski definition) is 3. The van der Waals surface area contributed by atoms with E-state index < -0.39 is 0 Å². The van der Waals surface area contributed by atoms with Gasteiger partial charge >= 0.3 is 0 Å². The summed E-state index contributed by atoms with van der Waals surface area (Å²) in [6.07, 6.45) is 4.32. The van der Waals surface area contributed by atoms with E-state index in [0.29, 0.717) is 38.3 Å². The Kier molecular flexibility index (Phi) is 6.02. The molecule has 0 N–H and O–H groups in total. The molecular formula is C24H26FN3O2. The predicted octanol–water partition coefficient (Wildman–Crippen LogP) is 3.96. The molecule has 1 aliphatic rings. The second kappa shape index (κ2) is 9.03. The number of hydrogen-bond donors (Lipinski definition) is 0. The fourth-order valence-corrected chi connectivity index (χ4v) is 4.00. The van der Waals surface area contributed by atoms with Gasteiger partial charge in [-0.1, -0.05) is 24.3 Å². The topological polar surface area (TPSA) is 37.7 Å². The van der Waals surface area contributed by atoms with Crippen LogP contribution in [0.1, 0.15) is 18.0 Å². The number of piperazine rings is 1. The fourth-order valence-electron chi connectivity index (χ4n) is 4.00. The third kappa shape index (κ3) is 4.32. The lowest BCUT2D eigenvalue weighted by atomic mass is 10.0. The van der Waals surface area contributed by atoms with Gasteiger partial charge in [-0.2, -0.15) is 0 Å². The van der Waals surface area contributed by atoms with Crippen molar-refractivity contribution in [2.75, 3.05) is 38.2 Å². The lowest BCUT2D eigenvalue weighted by Gasteiger charge is -2.37. The lowest BCUT2D eigenvalue weighted by molar-refractivity contribution is -0.132. The molecular weight excluding hydrogens is 381 g/mol.